The first kappa shape index (κ1) is 28.1. The van der Waals surface area contributed by atoms with Gasteiger partial charge in [-0.15, -0.1) is 0 Å². The van der Waals surface area contributed by atoms with Crippen LogP contribution in [0.4, 0.5) is 4.39 Å². The molecular formula is C19H32FNO8P2. The lowest BCUT2D eigenvalue weighted by atomic mass is 10.0. The lowest BCUT2D eigenvalue weighted by Crippen LogP contribution is -2.37. The molecular weight excluding hydrogens is 451 g/mol. The fourth-order valence-electron chi connectivity index (χ4n) is 3.06. The first-order chi connectivity index (χ1) is 14.5. The molecule has 3 unspecified atom stereocenters. The second-order valence-electron chi connectivity index (χ2n) is 6.60. The van der Waals surface area contributed by atoms with Gasteiger partial charge in [-0.2, -0.15) is 0 Å². The number of nitrogens with one attached hydrogen (secondary N) is 1. The zero-order valence-electron chi connectivity index (χ0n) is 18.5. The van der Waals surface area contributed by atoms with Crippen LogP contribution < -0.4 is 5.32 Å². The molecule has 3 atom stereocenters. The van der Waals surface area contributed by atoms with E-state index >= 15 is 0 Å². The van der Waals surface area contributed by atoms with Crippen LogP contribution in [-0.4, -0.2) is 48.8 Å². The van der Waals surface area contributed by atoms with E-state index < -0.39 is 38.8 Å². The molecule has 178 valence electrons. The summed E-state index contributed by atoms with van der Waals surface area (Å²) in [6.07, 6.45) is -1.06. The summed E-state index contributed by atoms with van der Waals surface area (Å²) in [5, 5.41) is 3.00. The third-order valence-corrected chi connectivity index (χ3v) is 8.11. The minimum atomic E-state index is -4.38. The van der Waals surface area contributed by atoms with Crippen molar-refractivity contribution in [3.8, 4) is 0 Å². The standard InChI is InChI=1S/C19H32FNO8P2/c1-6-26-30(23,27-7-2)18(15(5)29-31(24,25)28-8-3)13-21-12-16-10-9-11-17(20)19(16)14(4)22/h9-11,15,18,21H,6-8,12-13H2,1-5H3,(H,24,25). The third-order valence-electron chi connectivity index (χ3n) is 4.28. The van der Waals surface area contributed by atoms with E-state index in [1.54, 1.807) is 19.9 Å². The Hall–Kier alpha value is -0.960. The van der Waals surface area contributed by atoms with Crippen molar-refractivity contribution < 1.29 is 41.3 Å². The van der Waals surface area contributed by atoms with Crippen LogP contribution in [0.2, 0.25) is 0 Å². The number of hydrogen-bond donors (Lipinski definition) is 2. The molecule has 0 amide bonds. The van der Waals surface area contributed by atoms with Crippen LogP contribution in [0.15, 0.2) is 18.2 Å². The van der Waals surface area contributed by atoms with E-state index in [9.17, 15) is 23.2 Å². The molecule has 0 fully saturated rings. The van der Waals surface area contributed by atoms with E-state index in [4.69, 9.17) is 18.1 Å². The number of benzene rings is 1. The van der Waals surface area contributed by atoms with E-state index in [2.05, 4.69) is 5.32 Å². The molecule has 1 aromatic carbocycles. The molecule has 1 aromatic rings. The third kappa shape index (κ3) is 8.48. The average molecular weight is 483 g/mol. The van der Waals surface area contributed by atoms with E-state index in [0.29, 0.717) is 5.56 Å². The Morgan fingerprint density at radius 2 is 1.71 bits per heavy atom. The molecule has 0 saturated carbocycles. The van der Waals surface area contributed by atoms with Crippen LogP contribution in [0, 0.1) is 5.82 Å². The van der Waals surface area contributed by atoms with E-state index in [1.807, 2.05) is 0 Å². The normalized spacial score (nSPS) is 16.0. The van der Waals surface area contributed by atoms with E-state index in [1.165, 1.54) is 32.9 Å². The van der Waals surface area contributed by atoms with Crippen LogP contribution in [0.25, 0.3) is 0 Å². The first-order valence-corrected chi connectivity index (χ1v) is 13.2. The lowest BCUT2D eigenvalue weighted by molar-refractivity contribution is 0.0999. The molecule has 0 saturated heterocycles. The number of Topliss-reactive ketones (excluding diaryl/α,β-unsaturated/α-hetero) is 1. The predicted octanol–water partition coefficient (Wildman–Crippen LogP) is 4.29. The molecule has 1 rings (SSSR count). The summed E-state index contributed by atoms with van der Waals surface area (Å²) in [6, 6.07) is 4.28. The van der Waals surface area contributed by atoms with Crippen molar-refractivity contribution in [3.05, 3.63) is 35.1 Å². The number of ketones is 1. The summed E-state index contributed by atoms with van der Waals surface area (Å²) in [5.74, 6) is -1.05. The first-order valence-electron chi connectivity index (χ1n) is 10.0. The van der Waals surface area contributed by atoms with Gasteiger partial charge in [0.1, 0.15) is 11.5 Å². The molecule has 0 aliphatic rings. The quantitative estimate of drug-likeness (QED) is 0.278. The summed E-state index contributed by atoms with van der Waals surface area (Å²) in [6.45, 7) is 7.72. The van der Waals surface area contributed by atoms with Crippen LogP contribution in [0.5, 0.6) is 0 Å². The number of rotatable bonds is 15. The van der Waals surface area contributed by atoms with Gasteiger partial charge in [0, 0.05) is 13.1 Å². The average Bonchev–Trinajstić information content (AvgIpc) is 2.64. The lowest BCUT2D eigenvalue weighted by Gasteiger charge is -2.31. The second kappa shape index (κ2) is 12.9. The summed E-state index contributed by atoms with van der Waals surface area (Å²) >= 11 is 0. The molecule has 0 radical (unpaired) electrons. The highest BCUT2D eigenvalue weighted by Gasteiger charge is 2.42. The summed E-state index contributed by atoms with van der Waals surface area (Å²) in [5.41, 5.74) is -0.600. The Kier molecular flexibility index (Phi) is 11.7. The minimum Gasteiger partial charge on any atom is -0.312 e. The Balaban J connectivity index is 3.10. The second-order valence-corrected chi connectivity index (χ2v) is 10.3. The van der Waals surface area contributed by atoms with Gasteiger partial charge < -0.3 is 19.3 Å². The predicted molar refractivity (Wildman–Crippen MR) is 115 cm³/mol. The molecule has 0 aromatic heterocycles. The van der Waals surface area contributed by atoms with Gasteiger partial charge in [-0.25, -0.2) is 8.96 Å². The maximum atomic E-state index is 14.0. The molecule has 31 heavy (non-hydrogen) atoms. The smallest absolute Gasteiger partial charge is 0.312 e. The molecule has 12 heteroatoms. The summed E-state index contributed by atoms with van der Waals surface area (Å²) in [7, 11) is -8.15. The fraction of sp³-hybridized carbons (Fsp3) is 0.632. The zero-order valence-corrected chi connectivity index (χ0v) is 20.3. The summed E-state index contributed by atoms with van der Waals surface area (Å²) < 4.78 is 60.2. The maximum absolute atomic E-state index is 14.0. The van der Waals surface area contributed by atoms with Crippen LogP contribution in [0.3, 0.4) is 0 Å². The molecule has 0 aliphatic heterocycles. The maximum Gasteiger partial charge on any atom is 0.472 e. The molecule has 0 heterocycles. The van der Waals surface area contributed by atoms with Gasteiger partial charge in [0.2, 0.25) is 0 Å². The van der Waals surface area contributed by atoms with Gasteiger partial charge in [0.15, 0.2) is 5.78 Å². The number of carbonyl (C=O) groups is 1. The Morgan fingerprint density at radius 1 is 1.13 bits per heavy atom. The topological polar surface area (TPSA) is 120 Å². The molecule has 2 N–H and O–H groups in total. The molecule has 0 aliphatic carbocycles. The Labute approximate surface area is 182 Å². The molecule has 9 nitrogen and oxygen atoms in total. The molecule has 0 spiro atoms. The van der Waals surface area contributed by atoms with Crippen LogP contribution >= 0.6 is 15.4 Å². The van der Waals surface area contributed by atoms with Crippen molar-refractivity contribution in [1.82, 2.24) is 5.32 Å². The number of hydrogen-bond acceptors (Lipinski definition) is 8. The zero-order chi connectivity index (χ0) is 23.7. The number of phosphoric acid groups is 1. The van der Waals surface area contributed by atoms with Crippen molar-refractivity contribution >= 4 is 21.2 Å². The van der Waals surface area contributed by atoms with Crippen molar-refractivity contribution in [3.63, 3.8) is 0 Å². The van der Waals surface area contributed by atoms with E-state index in [-0.39, 0.29) is 38.5 Å². The van der Waals surface area contributed by atoms with E-state index in [0.717, 1.165) is 0 Å². The van der Waals surface area contributed by atoms with Gasteiger partial charge >= 0.3 is 15.4 Å². The van der Waals surface area contributed by atoms with Crippen LogP contribution in [0.1, 0.15) is 50.5 Å². The number of phosphoric ester groups is 1. The van der Waals surface area contributed by atoms with Gasteiger partial charge in [-0.3, -0.25) is 18.4 Å². The Bertz CT molecular complexity index is 812. The van der Waals surface area contributed by atoms with Gasteiger partial charge in [0.25, 0.3) is 0 Å². The van der Waals surface area contributed by atoms with Gasteiger partial charge in [0.05, 0.1) is 31.5 Å². The van der Waals surface area contributed by atoms with Gasteiger partial charge in [-0.05, 0) is 46.2 Å². The van der Waals surface area contributed by atoms with Crippen molar-refractivity contribution in [2.45, 2.75) is 52.9 Å². The van der Waals surface area contributed by atoms with Crippen molar-refractivity contribution in [1.29, 1.82) is 0 Å². The largest absolute Gasteiger partial charge is 0.472 e. The number of carbonyl (C=O) groups excluding carboxylic acids is 1. The number of halogens is 1. The highest BCUT2D eigenvalue weighted by atomic mass is 31.2. The highest BCUT2D eigenvalue weighted by Crippen LogP contribution is 2.56. The SMILES string of the molecule is CCOP(=O)(O)OC(C)C(CNCc1cccc(F)c1C(C)=O)P(=O)(OCC)OCC. The van der Waals surface area contributed by atoms with Crippen LogP contribution in [-0.2, 0) is 33.8 Å². The Morgan fingerprint density at radius 3 is 2.23 bits per heavy atom. The van der Waals surface area contributed by atoms with Gasteiger partial charge in [-0.1, -0.05) is 12.1 Å². The van der Waals surface area contributed by atoms with Crippen molar-refractivity contribution in [2.24, 2.45) is 0 Å². The fourth-order valence-corrected chi connectivity index (χ4v) is 6.22. The monoisotopic (exact) mass is 483 g/mol. The molecule has 0 bridgehead atoms. The minimum absolute atomic E-state index is 0.0293. The summed E-state index contributed by atoms with van der Waals surface area (Å²) in [4.78, 5) is 21.6. The highest BCUT2D eigenvalue weighted by molar-refractivity contribution is 7.54. The van der Waals surface area contributed by atoms with Crippen molar-refractivity contribution in [2.75, 3.05) is 26.4 Å².